The summed E-state index contributed by atoms with van der Waals surface area (Å²) in [6, 6.07) is 3.53. The topological polar surface area (TPSA) is 54.0 Å². The Labute approximate surface area is 103 Å². The van der Waals surface area contributed by atoms with Crippen molar-refractivity contribution in [2.45, 2.75) is 46.2 Å². The number of amides is 1. The molecule has 0 saturated heterocycles. The normalized spacial score (nSPS) is 13.0. The van der Waals surface area contributed by atoms with Crippen molar-refractivity contribution in [3.8, 4) is 0 Å². The number of rotatable bonds is 3. The van der Waals surface area contributed by atoms with Crippen molar-refractivity contribution in [1.82, 2.24) is 10.3 Å². The second-order valence-electron chi connectivity index (χ2n) is 5.27. The van der Waals surface area contributed by atoms with Crippen molar-refractivity contribution in [3.05, 3.63) is 23.9 Å². The molecule has 1 heterocycles. The minimum absolute atomic E-state index is 0.0254. The van der Waals surface area contributed by atoms with E-state index in [-0.39, 0.29) is 17.5 Å². The van der Waals surface area contributed by atoms with Gasteiger partial charge in [0.2, 0.25) is 5.91 Å². The predicted octanol–water partition coefficient (Wildman–Crippen LogP) is 2.11. The molecule has 0 spiro atoms. The summed E-state index contributed by atoms with van der Waals surface area (Å²) < 4.78 is 0. The van der Waals surface area contributed by atoms with Gasteiger partial charge in [-0.05, 0) is 46.2 Å². The molecule has 0 aliphatic heterocycles. The minimum Gasteiger partial charge on any atom is -0.358 e. The fourth-order valence-corrected chi connectivity index (χ4v) is 1.39. The lowest BCUT2D eigenvalue weighted by Gasteiger charge is -2.24. The second-order valence-corrected chi connectivity index (χ2v) is 5.27. The molecule has 1 aromatic heterocycles. The Hall–Kier alpha value is -1.58. The fraction of sp³-hybridized carbons (Fsp3) is 0.538. The van der Waals surface area contributed by atoms with E-state index in [9.17, 15) is 4.79 Å². The number of hydrogen-bond acceptors (Lipinski definition) is 3. The van der Waals surface area contributed by atoms with Gasteiger partial charge < -0.3 is 10.6 Å². The van der Waals surface area contributed by atoms with Gasteiger partial charge in [0, 0.05) is 11.7 Å². The van der Waals surface area contributed by atoms with Gasteiger partial charge in [-0.2, -0.15) is 0 Å². The second kappa shape index (κ2) is 5.17. The molecule has 0 aliphatic carbocycles. The zero-order valence-electron chi connectivity index (χ0n) is 11.2. The van der Waals surface area contributed by atoms with E-state index in [1.807, 2.05) is 46.8 Å². The molecule has 1 rings (SSSR count). The van der Waals surface area contributed by atoms with Gasteiger partial charge in [0.05, 0.1) is 0 Å². The molecule has 0 fully saturated rings. The highest BCUT2D eigenvalue weighted by Gasteiger charge is 2.19. The van der Waals surface area contributed by atoms with Crippen molar-refractivity contribution in [2.24, 2.45) is 0 Å². The Morgan fingerprint density at radius 1 is 1.41 bits per heavy atom. The Morgan fingerprint density at radius 2 is 2.06 bits per heavy atom. The van der Waals surface area contributed by atoms with Crippen molar-refractivity contribution < 1.29 is 4.79 Å². The fourth-order valence-electron chi connectivity index (χ4n) is 1.39. The lowest BCUT2D eigenvalue weighted by molar-refractivity contribution is -0.122. The van der Waals surface area contributed by atoms with Gasteiger partial charge in [-0.15, -0.1) is 0 Å². The van der Waals surface area contributed by atoms with Crippen LogP contribution in [-0.2, 0) is 4.79 Å². The summed E-state index contributed by atoms with van der Waals surface area (Å²) in [6.07, 6.45) is 1.71. The molecule has 0 bridgehead atoms. The number of anilines is 1. The van der Waals surface area contributed by atoms with Gasteiger partial charge in [-0.25, -0.2) is 4.98 Å². The largest absolute Gasteiger partial charge is 0.358 e. The summed E-state index contributed by atoms with van der Waals surface area (Å²) >= 11 is 0. The van der Waals surface area contributed by atoms with Crippen LogP contribution in [0.4, 0.5) is 5.82 Å². The number of carbonyl (C=O) groups excluding carboxylic acids is 1. The van der Waals surface area contributed by atoms with E-state index in [4.69, 9.17) is 0 Å². The lowest BCUT2D eigenvalue weighted by atomic mass is 10.1. The van der Waals surface area contributed by atoms with Crippen molar-refractivity contribution in [3.63, 3.8) is 0 Å². The van der Waals surface area contributed by atoms with Crippen LogP contribution in [0.15, 0.2) is 18.3 Å². The Morgan fingerprint density at radius 3 is 2.59 bits per heavy atom. The highest BCUT2D eigenvalue weighted by Crippen LogP contribution is 2.11. The summed E-state index contributed by atoms with van der Waals surface area (Å²) in [5.41, 5.74) is 0.814. The van der Waals surface area contributed by atoms with Gasteiger partial charge in [-0.1, -0.05) is 6.07 Å². The zero-order chi connectivity index (χ0) is 13.1. The molecule has 4 heteroatoms. The first kappa shape index (κ1) is 13.5. The molecule has 1 atom stereocenters. The van der Waals surface area contributed by atoms with Crippen LogP contribution in [-0.4, -0.2) is 22.5 Å². The van der Waals surface area contributed by atoms with E-state index in [0.717, 1.165) is 11.4 Å². The van der Waals surface area contributed by atoms with E-state index in [1.165, 1.54) is 0 Å². The van der Waals surface area contributed by atoms with Gasteiger partial charge in [0.1, 0.15) is 11.9 Å². The Kier molecular flexibility index (Phi) is 4.10. The molecule has 0 saturated carbocycles. The third-order valence-electron chi connectivity index (χ3n) is 2.25. The Balaban J connectivity index is 2.64. The summed E-state index contributed by atoms with van der Waals surface area (Å²) in [5, 5.41) is 6.04. The third-order valence-corrected chi connectivity index (χ3v) is 2.25. The molecule has 1 unspecified atom stereocenters. The monoisotopic (exact) mass is 235 g/mol. The average Bonchev–Trinajstić information content (AvgIpc) is 2.18. The van der Waals surface area contributed by atoms with Gasteiger partial charge in [0.15, 0.2) is 0 Å². The number of aromatic nitrogens is 1. The van der Waals surface area contributed by atoms with Crippen LogP contribution < -0.4 is 10.6 Å². The summed E-state index contributed by atoms with van der Waals surface area (Å²) in [4.78, 5) is 16.1. The van der Waals surface area contributed by atoms with Gasteiger partial charge in [-0.3, -0.25) is 4.79 Å². The molecule has 4 nitrogen and oxygen atoms in total. The molecule has 0 radical (unpaired) electrons. The molecule has 17 heavy (non-hydrogen) atoms. The van der Waals surface area contributed by atoms with Crippen LogP contribution in [0.1, 0.15) is 33.3 Å². The smallest absolute Gasteiger partial charge is 0.242 e. The third kappa shape index (κ3) is 4.43. The molecule has 2 N–H and O–H groups in total. The summed E-state index contributed by atoms with van der Waals surface area (Å²) in [5.74, 6) is 0.728. The van der Waals surface area contributed by atoms with Gasteiger partial charge in [0.25, 0.3) is 0 Å². The van der Waals surface area contributed by atoms with Crippen molar-refractivity contribution in [1.29, 1.82) is 0 Å². The number of hydrogen-bond donors (Lipinski definition) is 2. The lowest BCUT2D eigenvalue weighted by Crippen LogP contribution is -2.47. The quantitative estimate of drug-likeness (QED) is 0.843. The highest BCUT2D eigenvalue weighted by atomic mass is 16.2. The number of nitrogens with zero attached hydrogens (tertiary/aromatic N) is 1. The number of carbonyl (C=O) groups is 1. The van der Waals surface area contributed by atoms with Crippen LogP contribution in [0.2, 0.25) is 0 Å². The van der Waals surface area contributed by atoms with Crippen molar-refractivity contribution in [2.75, 3.05) is 5.32 Å². The molecule has 0 aliphatic rings. The molecule has 1 amide bonds. The maximum Gasteiger partial charge on any atom is 0.242 e. The van der Waals surface area contributed by atoms with E-state index in [1.54, 1.807) is 6.20 Å². The van der Waals surface area contributed by atoms with Crippen LogP contribution in [0, 0.1) is 6.92 Å². The maximum atomic E-state index is 11.9. The average molecular weight is 235 g/mol. The zero-order valence-corrected chi connectivity index (χ0v) is 11.2. The first-order valence-corrected chi connectivity index (χ1v) is 5.80. The van der Waals surface area contributed by atoms with E-state index in [2.05, 4.69) is 15.6 Å². The van der Waals surface area contributed by atoms with E-state index < -0.39 is 0 Å². The van der Waals surface area contributed by atoms with Crippen molar-refractivity contribution >= 4 is 11.7 Å². The van der Waals surface area contributed by atoms with Crippen LogP contribution in [0.3, 0.4) is 0 Å². The summed E-state index contributed by atoms with van der Waals surface area (Å²) in [7, 11) is 0. The molecular formula is C13H21N3O. The number of pyridine rings is 1. The highest BCUT2D eigenvalue weighted by molar-refractivity contribution is 5.84. The molecule has 0 aromatic carbocycles. The SMILES string of the molecule is Cc1cccnc1NC(C)C(=O)NC(C)(C)C. The number of aryl methyl sites for hydroxylation is 1. The maximum absolute atomic E-state index is 11.9. The van der Waals surface area contributed by atoms with Crippen LogP contribution in [0.5, 0.6) is 0 Å². The Bertz CT molecular complexity index is 396. The predicted molar refractivity (Wildman–Crippen MR) is 70.0 cm³/mol. The van der Waals surface area contributed by atoms with E-state index >= 15 is 0 Å². The molecule has 94 valence electrons. The minimum atomic E-state index is -0.303. The first-order valence-electron chi connectivity index (χ1n) is 5.80. The standard InChI is InChI=1S/C13H21N3O/c1-9-7-6-8-14-11(9)15-10(2)12(17)16-13(3,4)5/h6-8,10H,1-5H3,(H,14,15)(H,16,17). The first-order chi connectivity index (χ1) is 7.79. The molecular weight excluding hydrogens is 214 g/mol. The number of nitrogens with one attached hydrogen (secondary N) is 2. The van der Waals surface area contributed by atoms with Crippen LogP contribution >= 0.6 is 0 Å². The van der Waals surface area contributed by atoms with E-state index in [0.29, 0.717) is 0 Å². The van der Waals surface area contributed by atoms with Gasteiger partial charge >= 0.3 is 0 Å². The van der Waals surface area contributed by atoms with Crippen LogP contribution in [0.25, 0.3) is 0 Å². The molecule has 1 aromatic rings. The summed E-state index contributed by atoms with van der Waals surface area (Å²) in [6.45, 7) is 9.68.